The summed E-state index contributed by atoms with van der Waals surface area (Å²) in [5, 5.41) is 12.4. The van der Waals surface area contributed by atoms with Gasteiger partial charge in [-0.15, -0.1) is 0 Å². The fraction of sp³-hybridized carbons (Fsp3) is 0.562. The molecule has 20 heavy (non-hydrogen) atoms. The lowest BCUT2D eigenvalue weighted by molar-refractivity contribution is 0.208. The predicted octanol–water partition coefficient (Wildman–Crippen LogP) is 2.13. The predicted molar refractivity (Wildman–Crippen MR) is 75.5 cm³/mol. The van der Waals surface area contributed by atoms with Crippen molar-refractivity contribution >= 4 is 0 Å². The first-order valence-electron chi connectivity index (χ1n) is 7.36. The van der Waals surface area contributed by atoms with E-state index in [4.69, 9.17) is 5.26 Å². The summed E-state index contributed by atoms with van der Waals surface area (Å²) >= 11 is 0. The van der Waals surface area contributed by atoms with Crippen molar-refractivity contribution in [3.8, 4) is 6.07 Å². The molecule has 2 fully saturated rings. The van der Waals surface area contributed by atoms with E-state index in [0.717, 1.165) is 26.1 Å². The first kappa shape index (κ1) is 13.5. The van der Waals surface area contributed by atoms with Crippen molar-refractivity contribution in [2.24, 2.45) is 11.8 Å². The van der Waals surface area contributed by atoms with E-state index in [9.17, 15) is 4.39 Å². The van der Waals surface area contributed by atoms with Gasteiger partial charge in [-0.25, -0.2) is 4.39 Å². The minimum Gasteiger partial charge on any atom is -0.316 e. The van der Waals surface area contributed by atoms with Gasteiger partial charge in [0.2, 0.25) is 0 Å². The molecule has 0 radical (unpaired) electrons. The Bertz CT molecular complexity index is 537. The Hall–Kier alpha value is -1.44. The van der Waals surface area contributed by atoms with Crippen molar-refractivity contribution in [2.45, 2.75) is 25.9 Å². The highest BCUT2D eigenvalue weighted by atomic mass is 19.1. The smallest absolute Gasteiger partial charge is 0.127 e. The lowest BCUT2D eigenvalue weighted by atomic mass is 9.93. The quantitative estimate of drug-likeness (QED) is 0.917. The van der Waals surface area contributed by atoms with Crippen LogP contribution in [0.15, 0.2) is 18.2 Å². The number of hydrogen-bond acceptors (Lipinski definition) is 3. The van der Waals surface area contributed by atoms with Crippen LogP contribution in [0.3, 0.4) is 0 Å². The number of benzene rings is 1. The summed E-state index contributed by atoms with van der Waals surface area (Å²) in [5.74, 6) is 1.19. The molecule has 0 aliphatic carbocycles. The van der Waals surface area contributed by atoms with Gasteiger partial charge in [-0.1, -0.05) is 6.92 Å². The molecule has 2 saturated heterocycles. The second-order valence-corrected chi connectivity index (χ2v) is 5.91. The Labute approximate surface area is 119 Å². The Balaban J connectivity index is 1.79. The summed E-state index contributed by atoms with van der Waals surface area (Å²) in [6, 6.07) is 7.26. The number of rotatable bonds is 3. The Morgan fingerprint density at radius 1 is 1.45 bits per heavy atom. The van der Waals surface area contributed by atoms with Gasteiger partial charge in [0.05, 0.1) is 11.6 Å². The fourth-order valence-corrected chi connectivity index (χ4v) is 3.84. The van der Waals surface area contributed by atoms with E-state index in [2.05, 4.69) is 23.2 Å². The van der Waals surface area contributed by atoms with Gasteiger partial charge >= 0.3 is 0 Å². The molecule has 0 aromatic heterocycles. The van der Waals surface area contributed by atoms with Crippen molar-refractivity contribution in [2.75, 3.05) is 19.6 Å². The van der Waals surface area contributed by atoms with Crippen LogP contribution >= 0.6 is 0 Å². The average molecular weight is 273 g/mol. The molecular weight excluding hydrogens is 253 g/mol. The summed E-state index contributed by atoms with van der Waals surface area (Å²) in [6.07, 6.45) is 1.10. The van der Waals surface area contributed by atoms with E-state index in [1.807, 2.05) is 0 Å². The van der Waals surface area contributed by atoms with Crippen LogP contribution in [0.4, 0.5) is 4.39 Å². The van der Waals surface area contributed by atoms with E-state index < -0.39 is 0 Å². The molecule has 2 heterocycles. The molecule has 3 unspecified atom stereocenters. The molecule has 2 aliphatic rings. The zero-order valence-corrected chi connectivity index (χ0v) is 11.8. The van der Waals surface area contributed by atoms with Crippen LogP contribution in [-0.2, 0) is 6.54 Å². The van der Waals surface area contributed by atoms with Crippen molar-refractivity contribution < 1.29 is 4.39 Å². The van der Waals surface area contributed by atoms with Gasteiger partial charge in [0, 0.05) is 24.7 Å². The van der Waals surface area contributed by atoms with Gasteiger partial charge in [0.1, 0.15) is 5.82 Å². The third-order valence-corrected chi connectivity index (χ3v) is 4.79. The highest BCUT2D eigenvalue weighted by Crippen LogP contribution is 2.35. The summed E-state index contributed by atoms with van der Waals surface area (Å²) in [4.78, 5) is 2.40. The van der Waals surface area contributed by atoms with Crippen LogP contribution in [0.2, 0.25) is 0 Å². The molecule has 2 aliphatic heterocycles. The first-order valence-corrected chi connectivity index (χ1v) is 7.36. The van der Waals surface area contributed by atoms with E-state index >= 15 is 0 Å². The van der Waals surface area contributed by atoms with Gasteiger partial charge in [-0.3, -0.25) is 4.90 Å². The zero-order valence-electron chi connectivity index (χ0n) is 11.8. The van der Waals surface area contributed by atoms with E-state index in [-0.39, 0.29) is 5.82 Å². The molecule has 3 nitrogen and oxygen atoms in total. The van der Waals surface area contributed by atoms with Gasteiger partial charge in [-0.05, 0) is 49.5 Å². The van der Waals surface area contributed by atoms with Crippen LogP contribution in [0.1, 0.15) is 24.5 Å². The van der Waals surface area contributed by atoms with Crippen LogP contribution in [0.25, 0.3) is 0 Å². The van der Waals surface area contributed by atoms with Crippen LogP contribution in [0.5, 0.6) is 0 Å². The Morgan fingerprint density at radius 2 is 2.30 bits per heavy atom. The van der Waals surface area contributed by atoms with Gasteiger partial charge < -0.3 is 5.32 Å². The normalized spacial score (nSPS) is 29.4. The summed E-state index contributed by atoms with van der Waals surface area (Å²) in [6.45, 7) is 6.03. The highest BCUT2D eigenvalue weighted by molar-refractivity contribution is 5.33. The van der Waals surface area contributed by atoms with Crippen molar-refractivity contribution in [3.05, 3.63) is 35.1 Å². The number of likely N-dealkylation sites (tertiary alicyclic amines) is 1. The number of halogens is 1. The SMILES string of the molecule is CCC1C2CNCC2CN1Cc1cc(C#N)ccc1F. The molecule has 4 heteroatoms. The third kappa shape index (κ3) is 2.32. The maximum Gasteiger partial charge on any atom is 0.127 e. The molecule has 3 atom stereocenters. The maximum atomic E-state index is 13.9. The summed E-state index contributed by atoms with van der Waals surface area (Å²) in [5.41, 5.74) is 1.19. The lowest BCUT2D eigenvalue weighted by Gasteiger charge is -2.27. The topological polar surface area (TPSA) is 39.1 Å². The van der Waals surface area contributed by atoms with Crippen LogP contribution < -0.4 is 5.32 Å². The molecule has 0 saturated carbocycles. The number of nitrogens with one attached hydrogen (secondary N) is 1. The molecule has 1 N–H and O–H groups in total. The molecule has 1 aromatic rings. The van der Waals surface area contributed by atoms with Gasteiger partial charge in [-0.2, -0.15) is 5.26 Å². The van der Waals surface area contributed by atoms with Gasteiger partial charge in [0.15, 0.2) is 0 Å². The van der Waals surface area contributed by atoms with Crippen LogP contribution in [0, 0.1) is 29.0 Å². The lowest BCUT2D eigenvalue weighted by Crippen LogP contribution is -2.34. The monoisotopic (exact) mass is 273 g/mol. The number of nitriles is 1. The third-order valence-electron chi connectivity index (χ3n) is 4.79. The first-order chi connectivity index (χ1) is 9.72. The van der Waals surface area contributed by atoms with E-state index in [1.165, 1.54) is 6.07 Å². The molecule has 0 bridgehead atoms. The van der Waals surface area contributed by atoms with E-state index in [1.54, 1.807) is 12.1 Å². The zero-order chi connectivity index (χ0) is 14.1. The number of nitrogens with zero attached hydrogens (tertiary/aromatic N) is 2. The van der Waals surface area contributed by atoms with Crippen LogP contribution in [-0.4, -0.2) is 30.6 Å². The second kappa shape index (κ2) is 5.51. The summed E-state index contributed by atoms with van der Waals surface area (Å²) in [7, 11) is 0. The fourth-order valence-electron chi connectivity index (χ4n) is 3.84. The molecule has 0 amide bonds. The van der Waals surface area contributed by atoms with Gasteiger partial charge in [0.25, 0.3) is 0 Å². The largest absolute Gasteiger partial charge is 0.316 e. The number of hydrogen-bond donors (Lipinski definition) is 1. The Morgan fingerprint density at radius 3 is 3.05 bits per heavy atom. The van der Waals surface area contributed by atoms with E-state index in [0.29, 0.717) is 35.5 Å². The second-order valence-electron chi connectivity index (χ2n) is 5.91. The molecule has 106 valence electrons. The maximum absolute atomic E-state index is 13.9. The molecule has 1 aromatic carbocycles. The van der Waals surface area contributed by atoms with Crippen molar-refractivity contribution in [3.63, 3.8) is 0 Å². The van der Waals surface area contributed by atoms with Crippen molar-refractivity contribution in [1.82, 2.24) is 10.2 Å². The Kier molecular flexibility index (Phi) is 3.73. The average Bonchev–Trinajstić information content (AvgIpc) is 3.01. The standard InChI is InChI=1S/C16H20FN3/c1-2-16-14-8-19-7-13(14)10-20(16)9-12-5-11(6-18)3-4-15(12)17/h3-5,13-14,16,19H,2,7-10H2,1H3. The molecule has 3 rings (SSSR count). The summed E-state index contributed by atoms with van der Waals surface area (Å²) < 4.78 is 13.9. The highest BCUT2D eigenvalue weighted by Gasteiger charge is 2.42. The molecule has 0 spiro atoms. The molecular formula is C16H20FN3. The minimum absolute atomic E-state index is 0.200. The van der Waals surface area contributed by atoms with Crippen molar-refractivity contribution in [1.29, 1.82) is 5.26 Å². The number of fused-ring (bicyclic) bond motifs is 1. The minimum atomic E-state index is -0.200.